The van der Waals surface area contributed by atoms with Crippen LogP contribution >= 0.6 is 11.3 Å². The molecule has 0 spiro atoms. The molecule has 0 saturated carbocycles. The molecule has 3 heterocycles. The molecule has 126 valence electrons. The van der Waals surface area contributed by atoms with Crippen LogP contribution in [0.2, 0.25) is 0 Å². The average Bonchev–Trinajstić information content (AvgIpc) is 2.84. The van der Waals surface area contributed by atoms with Gasteiger partial charge in [-0.15, -0.1) is 11.3 Å². The number of carbonyl (C=O) groups excluding carboxylic acids is 2. The van der Waals surface area contributed by atoms with Gasteiger partial charge in [-0.25, -0.2) is 4.98 Å². The van der Waals surface area contributed by atoms with Crippen molar-refractivity contribution in [2.24, 2.45) is 5.92 Å². The maximum Gasteiger partial charge on any atom is 0.273 e. The van der Waals surface area contributed by atoms with Gasteiger partial charge in [0.05, 0.1) is 5.01 Å². The number of amides is 2. The third kappa shape index (κ3) is 3.91. The van der Waals surface area contributed by atoms with Crippen molar-refractivity contribution in [3.8, 4) is 0 Å². The fraction of sp³-hybridized carbons (Fsp3) is 0.706. The number of carbonyl (C=O) groups is 2. The molecule has 3 rings (SSSR count). The van der Waals surface area contributed by atoms with E-state index in [1.165, 1.54) is 24.2 Å². The highest BCUT2D eigenvalue weighted by Gasteiger charge is 2.31. The van der Waals surface area contributed by atoms with E-state index in [1.807, 2.05) is 17.2 Å². The minimum Gasteiger partial charge on any atom is -0.342 e. The van der Waals surface area contributed by atoms with Gasteiger partial charge in [0, 0.05) is 37.5 Å². The van der Waals surface area contributed by atoms with Gasteiger partial charge in [0.25, 0.3) is 5.91 Å². The van der Waals surface area contributed by atoms with E-state index in [4.69, 9.17) is 0 Å². The van der Waals surface area contributed by atoms with Gasteiger partial charge in [0.2, 0.25) is 5.91 Å². The van der Waals surface area contributed by atoms with Crippen molar-refractivity contribution in [1.82, 2.24) is 14.8 Å². The first-order valence-electron chi connectivity index (χ1n) is 8.65. The van der Waals surface area contributed by atoms with Crippen molar-refractivity contribution in [1.29, 1.82) is 0 Å². The lowest BCUT2D eigenvalue weighted by Crippen LogP contribution is -2.44. The van der Waals surface area contributed by atoms with Crippen LogP contribution in [-0.2, 0) is 4.79 Å². The predicted molar refractivity (Wildman–Crippen MR) is 90.5 cm³/mol. The monoisotopic (exact) mass is 335 g/mol. The van der Waals surface area contributed by atoms with E-state index >= 15 is 0 Å². The number of aromatic nitrogens is 1. The molecule has 2 amide bonds. The van der Waals surface area contributed by atoms with Gasteiger partial charge in [0.1, 0.15) is 5.69 Å². The summed E-state index contributed by atoms with van der Waals surface area (Å²) in [6.45, 7) is 5.07. The van der Waals surface area contributed by atoms with Gasteiger partial charge < -0.3 is 9.80 Å². The van der Waals surface area contributed by atoms with Crippen molar-refractivity contribution in [2.45, 2.75) is 45.4 Å². The summed E-state index contributed by atoms with van der Waals surface area (Å²) in [7, 11) is 0. The highest BCUT2D eigenvalue weighted by atomic mass is 32.1. The van der Waals surface area contributed by atoms with E-state index in [2.05, 4.69) is 9.88 Å². The Balaban J connectivity index is 1.53. The van der Waals surface area contributed by atoms with Crippen LogP contribution in [0.1, 0.15) is 54.0 Å². The molecule has 0 aliphatic carbocycles. The minimum absolute atomic E-state index is 0.00928. The topological polar surface area (TPSA) is 53.5 Å². The third-order valence-electron chi connectivity index (χ3n) is 4.89. The summed E-state index contributed by atoms with van der Waals surface area (Å²) in [4.78, 5) is 33.3. The predicted octanol–water partition coefficient (Wildman–Crippen LogP) is 2.71. The standard InChI is InChI=1S/C17H25N3O2S/c1-13-18-15(12-23-13)17(22)20-10-6-14(7-11-20)16(21)19-8-4-2-3-5-9-19/h12,14H,2-11H2,1H3. The normalized spacial score (nSPS) is 20.4. The van der Waals surface area contributed by atoms with Crippen LogP contribution in [0, 0.1) is 12.8 Å². The fourth-order valence-corrected chi connectivity index (χ4v) is 4.09. The van der Waals surface area contributed by atoms with Gasteiger partial charge in [-0.1, -0.05) is 12.8 Å². The molecule has 2 fully saturated rings. The van der Waals surface area contributed by atoms with Gasteiger partial charge in [-0.3, -0.25) is 9.59 Å². The summed E-state index contributed by atoms with van der Waals surface area (Å²) in [6, 6.07) is 0. The van der Waals surface area contributed by atoms with Crippen molar-refractivity contribution in [3.05, 3.63) is 16.1 Å². The molecule has 1 aromatic heterocycles. The van der Waals surface area contributed by atoms with E-state index in [0.29, 0.717) is 24.7 Å². The molecule has 0 radical (unpaired) electrons. The number of piperidine rings is 1. The highest BCUT2D eigenvalue weighted by Crippen LogP contribution is 2.23. The molecular weight excluding hydrogens is 310 g/mol. The number of likely N-dealkylation sites (tertiary alicyclic amines) is 2. The second-order valence-electron chi connectivity index (χ2n) is 6.56. The van der Waals surface area contributed by atoms with Crippen LogP contribution in [0.3, 0.4) is 0 Å². The van der Waals surface area contributed by atoms with E-state index in [-0.39, 0.29) is 11.8 Å². The Morgan fingerprint density at radius 1 is 1.04 bits per heavy atom. The summed E-state index contributed by atoms with van der Waals surface area (Å²) in [5.41, 5.74) is 0.546. The van der Waals surface area contributed by atoms with Gasteiger partial charge in [-0.05, 0) is 32.6 Å². The molecule has 23 heavy (non-hydrogen) atoms. The largest absolute Gasteiger partial charge is 0.342 e. The minimum atomic E-state index is 0.00928. The molecular formula is C17H25N3O2S. The van der Waals surface area contributed by atoms with Crippen LogP contribution in [0.4, 0.5) is 0 Å². The van der Waals surface area contributed by atoms with Gasteiger partial charge in [-0.2, -0.15) is 0 Å². The number of rotatable bonds is 2. The Morgan fingerprint density at radius 3 is 2.26 bits per heavy atom. The lowest BCUT2D eigenvalue weighted by molar-refractivity contribution is -0.136. The Morgan fingerprint density at radius 2 is 1.70 bits per heavy atom. The van der Waals surface area contributed by atoms with Crippen molar-refractivity contribution in [3.63, 3.8) is 0 Å². The zero-order valence-corrected chi connectivity index (χ0v) is 14.6. The fourth-order valence-electron chi connectivity index (χ4n) is 3.50. The zero-order valence-electron chi connectivity index (χ0n) is 13.8. The van der Waals surface area contributed by atoms with Crippen LogP contribution in [0.15, 0.2) is 5.38 Å². The molecule has 0 bridgehead atoms. The maximum absolute atomic E-state index is 12.7. The molecule has 0 aromatic carbocycles. The quantitative estimate of drug-likeness (QED) is 0.835. The molecule has 0 unspecified atom stereocenters. The zero-order chi connectivity index (χ0) is 16.2. The van der Waals surface area contributed by atoms with Crippen molar-refractivity contribution >= 4 is 23.2 Å². The van der Waals surface area contributed by atoms with Crippen LogP contribution in [0.5, 0.6) is 0 Å². The smallest absolute Gasteiger partial charge is 0.273 e. The van der Waals surface area contributed by atoms with E-state index < -0.39 is 0 Å². The second-order valence-corrected chi connectivity index (χ2v) is 7.62. The van der Waals surface area contributed by atoms with Crippen molar-refractivity contribution in [2.75, 3.05) is 26.2 Å². The molecule has 6 heteroatoms. The van der Waals surface area contributed by atoms with Gasteiger partial charge in [0.15, 0.2) is 0 Å². The lowest BCUT2D eigenvalue weighted by atomic mass is 9.95. The Bertz CT molecular complexity index is 556. The summed E-state index contributed by atoms with van der Waals surface area (Å²) in [6.07, 6.45) is 6.31. The lowest BCUT2D eigenvalue weighted by Gasteiger charge is -2.33. The average molecular weight is 335 g/mol. The Labute approximate surface area is 141 Å². The number of nitrogens with zero attached hydrogens (tertiary/aromatic N) is 3. The van der Waals surface area contributed by atoms with E-state index in [9.17, 15) is 9.59 Å². The number of hydrogen-bond acceptors (Lipinski definition) is 4. The molecule has 5 nitrogen and oxygen atoms in total. The van der Waals surface area contributed by atoms with E-state index in [1.54, 1.807) is 0 Å². The first kappa shape index (κ1) is 16.4. The van der Waals surface area contributed by atoms with Crippen LogP contribution in [-0.4, -0.2) is 52.8 Å². The van der Waals surface area contributed by atoms with E-state index in [0.717, 1.165) is 43.8 Å². The molecule has 0 atom stereocenters. The van der Waals surface area contributed by atoms with Crippen molar-refractivity contribution < 1.29 is 9.59 Å². The summed E-state index contributed by atoms with van der Waals surface area (Å²) >= 11 is 1.50. The first-order chi connectivity index (χ1) is 11.1. The summed E-state index contributed by atoms with van der Waals surface area (Å²) in [5, 5.41) is 2.74. The van der Waals surface area contributed by atoms with Crippen LogP contribution in [0.25, 0.3) is 0 Å². The molecule has 0 N–H and O–H groups in total. The number of aryl methyl sites for hydroxylation is 1. The van der Waals surface area contributed by atoms with Gasteiger partial charge >= 0.3 is 0 Å². The maximum atomic E-state index is 12.7. The summed E-state index contributed by atoms with van der Waals surface area (Å²) in [5.74, 6) is 0.410. The molecule has 1 aromatic rings. The molecule has 2 aliphatic heterocycles. The first-order valence-corrected chi connectivity index (χ1v) is 9.53. The number of hydrogen-bond donors (Lipinski definition) is 0. The summed E-state index contributed by atoms with van der Waals surface area (Å²) < 4.78 is 0. The number of thiazole rings is 1. The SMILES string of the molecule is Cc1nc(C(=O)N2CCC(C(=O)N3CCCCCC3)CC2)cs1. The highest BCUT2D eigenvalue weighted by molar-refractivity contribution is 7.09. The van der Waals surface area contributed by atoms with Crippen LogP contribution < -0.4 is 0 Å². The molecule has 2 saturated heterocycles. The molecule has 2 aliphatic rings. The Hall–Kier alpha value is -1.43. The second kappa shape index (κ2) is 7.43. The third-order valence-corrected chi connectivity index (χ3v) is 5.66. The Kier molecular flexibility index (Phi) is 5.30.